The zero-order valence-corrected chi connectivity index (χ0v) is 8.69. The molecule has 15 heavy (non-hydrogen) atoms. The highest BCUT2D eigenvalue weighted by Crippen LogP contribution is 2.30. The first kappa shape index (κ1) is 9.66. The predicted octanol–water partition coefficient (Wildman–Crippen LogP) is 1.64. The Morgan fingerprint density at radius 1 is 1.60 bits per heavy atom. The van der Waals surface area contributed by atoms with Crippen molar-refractivity contribution < 1.29 is 4.92 Å². The van der Waals surface area contributed by atoms with Crippen molar-refractivity contribution in [3.8, 4) is 10.6 Å². The molecular formula is C8H8N4O2S. The highest BCUT2D eigenvalue weighted by Gasteiger charge is 2.13. The number of nitro groups is 1. The minimum absolute atomic E-state index is 0.0826. The summed E-state index contributed by atoms with van der Waals surface area (Å²) in [5.74, 6) is 0.529. The van der Waals surface area contributed by atoms with Crippen molar-refractivity contribution >= 4 is 22.8 Å². The fraction of sp³-hybridized carbons (Fsp3) is 0.125. The molecule has 2 aromatic rings. The maximum atomic E-state index is 10.5. The van der Waals surface area contributed by atoms with E-state index < -0.39 is 4.92 Å². The van der Waals surface area contributed by atoms with E-state index in [1.54, 1.807) is 13.1 Å². The van der Waals surface area contributed by atoms with Gasteiger partial charge < -0.3 is 5.73 Å². The largest absolute Gasteiger partial charge is 0.384 e. The SMILES string of the molecule is Cn1nc(-c2cc([N+](=O)[O-])cs2)cc1N. The van der Waals surface area contributed by atoms with Gasteiger partial charge in [0.05, 0.1) is 15.2 Å². The summed E-state index contributed by atoms with van der Waals surface area (Å²) >= 11 is 1.28. The van der Waals surface area contributed by atoms with Crippen LogP contribution in [0.5, 0.6) is 0 Å². The van der Waals surface area contributed by atoms with Gasteiger partial charge in [-0.15, -0.1) is 11.3 Å². The molecule has 0 aromatic carbocycles. The van der Waals surface area contributed by atoms with Crippen molar-refractivity contribution in [1.29, 1.82) is 0 Å². The summed E-state index contributed by atoms with van der Waals surface area (Å²) in [5, 5.41) is 16.1. The van der Waals surface area contributed by atoms with Gasteiger partial charge in [-0.1, -0.05) is 0 Å². The van der Waals surface area contributed by atoms with Crippen molar-refractivity contribution in [3.05, 3.63) is 27.6 Å². The van der Waals surface area contributed by atoms with Crippen LogP contribution in [0, 0.1) is 10.1 Å². The van der Waals surface area contributed by atoms with Gasteiger partial charge in [-0.25, -0.2) is 0 Å². The Bertz CT molecular complexity index is 497. The molecule has 0 unspecified atom stereocenters. The minimum Gasteiger partial charge on any atom is -0.384 e. The zero-order valence-electron chi connectivity index (χ0n) is 7.88. The van der Waals surface area contributed by atoms with Crippen molar-refractivity contribution in [2.45, 2.75) is 0 Å². The molecule has 0 aliphatic carbocycles. The lowest BCUT2D eigenvalue weighted by molar-refractivity contribution is -0.384. The summed E-state index contributed by atoms with van der Waals surface area (Å²) < 4.78 is 1.53. The molecule has 0 fully saturated rings. The summed E-state index contributed by atoms with van der Waals surface area (Å²) in [6.07, 6.45) is 0. The van der Waals surface area contributed by atoms with Gasteiger partial charge in [-0.3, -0.25) is 14.8 Å². The highest BCUT2D eigenvalue weighted by atomic mass is 32.1. The molecule has 7 heteroatoms. The van der Waals surface area contributed by atoms with Crippen molar-refractivity contribution in [3.63, 3.8) is 0 Å². The first-order valence-electron chi connectivity index (χ1n) is 4.11. The number of nitrogens with two attached hydrogens (primary N) is 1. The molecule has 0 radical (unpaired) electrons. The van der Waals surface area contributed by atoms with Crippen LogP contribution in [0.4, 0.5) is 11.5 Å². The Labute approximate surface area is 89.1 Å². The van der Waals surface area contributed by atoms with E-state index in [2.05, 4.69) is 5.10 Å². The lowest BCUT2D eigenvalue weighted by Gasteiger charge is -1.88. The smallest absolute Gasteiger partial charge is 0.280 e. The Kier molecular flexibility index (Phi) is 2.16. The number of hydrogen-bond acceptors (Lipinski definition) is 5. The molecule has 0 bridgehead atoms. The first-order valence-corrected chi connectivity index (χ1v) is 4.98. The molecule has 0 atom stereocenters. The molecule has 0 aliphatic rings. The van der Waals surface area contributed by atoms with Crippen molar-refractivity contribution in [2.75, 3.05) is 5.73 Å². The number of rotatable bonds is 2. The number of thiophene rings is 1. The van der Waals surface area contributed by atoms with Gasteiger partial charge in [0.2, 0.25) is 0 Å². The average molecular weight is 224 g/mol. The van der Waals surface area contributed by atoms with Crippen LogP contribution in [0.3, 0.4) is 0 Å². The van der Waals surface area contributed by atoms with Crippen molar-refractivity contribution in [2.24, 2.45) is 7.05 Å². The van der Waals surface area contributed by atoms with E-state index in [1.807, 2.05) is 0 Å². The van der Waals surface area contributed by atoms with Crippen LogP contribution < -0.4 is 5.73 Å². The first-order chi connectivity index (χ1) is 7.08. The summed E-state index contributed by atoms with van der Waals surface area (Å²) in [5.41, 5.74) is 6.36. The molecule has 0 amide bonds. The summed E-state index contributed by atoms with van der Waals surface area (Å²) in [7, 11) is 1.72. The lowest BCUT2D eigenvalue weighted by atomic mass is 10.3. The standard InChI is InChI=1S/C8H8N4O2S/c1-11-8(9)3-6(10-11)7-2-5(4-15-7)12(13)14/h2-4H,9H2,1H3. The van der Waals surface area contributed by atoms with E-state index in [-0.39, 0.29) is 5.69 Å². The van der Waals surface area contributed by atoms with Crippen molar-refractivity contribution in [1.82, 2.24) is 9.78 Å². The molecule has 0 aliphatic heterocycles. The predicted molar refractivity (Wildman–Crippen MR) is 57.6 cm³/mol. The van der Waals surface area contributed by atoms with Crippen LogP contribution in [0.15, 0.2) is 17.5 Å². The molecule has 78 valence electrons. The van der Waals surface area contributed by atoms with Gasteiger partial charge in [0, 0.05) is 19.2 Å². The Morgan fingerprint density at radius 2 is 2.33 bits per heavy atom. The summed E-state index contributed by atoms with van der Waals surface area (Å²) in [6, 6.07) is 3.18. The van der Waals surface area contributed by atoms with Crippen LogP contribution in [0.1, 0.15) is 0 Å². The molecule has 0 spiro atoms. The van der Waals surface area contributed by atoms with Gasteiger partial charge in [0.1, 0.15) is 11.5 Å². The number of aryl methyl sites for hydroxylation is 1. The number of hydrogen-bond donors (Lipinski definition) is 1. The van der Waals surface area contributed by atoms with Crippen LogP contribution in [-0.2, 0) is 7.05 Å². The second-order valence-corrected chi connectivity index (χ2v) is 3.92. The molecule has 0 saturated heterocycles. The maximum absolute atomic E-state index is 10.5. The fourth-order valence-corrected chi connectivity index (χ4v) is 1.97. The quantitative estimate of drug-likeness (QED) is 0.620. The topological polar surface area (TPSA) is 87.0 Å². The molecule has 6 nitrogen and oxygen atoms in total. The number of nitrogens with zero attached hydrogens (tertiary/aromatic N) is 3. The van der Waals surface area contributed by atoms with E-state index in [4.69, 9.17) is 5.73 Å². The Morgan fingerprint density at radius 3 is 2.80 bits per heavy atom. The Hall–Kier alpha value is -1.89. The average Bonchev–Trinajstić information content (AvgIpc) is 2.74. The second-order valence-electron chi connectivity index (χ2n) is 3.00. The van der Waals surface area contributed by atoms with E-state index >= 15 is 0 Å². The van der Waals surface area contributed by atoms with Crippen LogP contribution >= 0.6 is 11.3 Å². The lowest BCUT2D eigenvalue weighted by Crippen LogP contribution is -1.96. The van der Waals surface area contributed by atoms with Gasteiger partial charge >= 0.3 is 0 Å². The fourth-order valence-electron chi connectivity index (χ4n) is 1.16. The maximum Gasteiger partial charge on any atom is 0.280 e. The van der Waals surface area contributed by atoms with E-state index in [1.165, 1.54) is 27.5 Å². The molecule has 0 saturated carbocycles. The van der Waals surface area contributed by atoms with E-state index in [9.17, 15) is 10.1 Å². The third-order valence-electron chi connectivity index (χ3n) is 1.96. The van der Waals surface area contributed by atoms with Gasteiger partial charge in [0.15, 0.2) is 0 Å². The molecule has 2 rings (SSSR count). The summed E-state index contributed by atoms with van der Waals surface area (Å²) in [4.78, 5) is 10.8. The molecular weight excluding hydrogens is 216 g/mol. The molecule has 2 heterocycles. The van der Waals surface area contributed by atoms with Crippen LogP contribution in [0.25, 0.3) is 10.6 Å². The van der Waals surface area contributed by atoms with Gasteiger partial charge in [0.25, 0.3) is 5.69 Å². The van der Waals surface area contributed by atoms with E-state index in [0.29, 0.717) is 11.5 Å². The normalized spacial score (nSPS) is 10.5. The zero-order chi connectivity index (χ0) is 11.0. The minimum atomic E-state index is -0.424. The van der Waals surface area contributed by atoms with E-state index in [0.717, 1.165) is 4.88 Å². The Balaban J connectivity index is 2.41. The number of nitrogen functional groups attached to an aromatic ring is 1. The molecule has 2 aromatic heterocycles. The van der Waals surface area contributed by atoms with Gasteiger partial charge in [-0.2, -0.15) is 5.10 Å². The third kappa shape index (κ3) is 1.68. The van der Waals surface area contributed by atoms with Gasteiger partial charge in [-0.05, 0) is 0 Å². The third-order valence-corrected chi connectivity index (χ3v) is 2.91. The monoisotopic (exact) mass is 224 g/mol. The second kappa shape index (κ2) is 3.35. The number of anilines is 1. The highest BCUT2D eigenvalue weighted by molar-refractivity contribution is 7.13. The molecule has 2 N–H and O–H groups in total. The van der Waals surface area contributed by atoms with Crippen LogP contribution in [0.2, 0.25) is 0 Å². The number of aromatic nitrogens is 2. The summed E-state index contributed by atoms with van der Waals surface area (Å²) in [6.45, 7) is 0. The van der Waals surface area contributed by atoms with Crippen LogP contribution in [-0.4, -0.2) is 14.7 Å².